The molecule has 1 amide bonds. The molecule has 0 radical (unpaired) electrons. The molecule has 2 heterocycles. The van der Waals surface area contributed by atoms with Crippen LogP contribution in [0, 0.1) is 0 Å². The number of amides is 1. The van der Waals surface area contributed by atoms with Crippen LogP contribution in [-0.4, -0.2) is 50.1 Å². The Morgan fingerprint density at radius 2 is 2.03 bits per heavy atom. The first kappa shape index (κ1) is 20.7. The molecule has 8 heteroatoms. The van der Waals surface area contributed by atoms with Crippen molar-refractivity contribution in [2.45, 2.75) is 6.42 Å². The fraction of sp³-hybridized carbons (Fsp3) is 0.273. The molecular formula is C22H22ClN3O3S. The molecule has 2 aromatic carbocycles. The van der Waals surface area contributed by atoms with Gasteiger partial charge in [0.1, 0.15) is 0 Å². The molecular weight excluding hydrogens is 422 g/mol. The smallest absolute Gasteiger partial charge is 0.295 e. The lowest BCUT2D eigenvalue weighted by atomic mass is 10.2. The van der Waals surface area contributed by atoms with E-state index in [-0.39, 0.29) is 11.7 Å². The van der Waals surface area contributed by atoms with Gasteiger partial charge in [0.05, 0.1) is 17.3 Å². The van der Waals surface area contributed by atoms with E-state index in [0.717, 1.165) is 28.6 Å². The zero-order valence-electron chi connectivity index (χ0n) is 17.0. The number of carbonyl (C=O) groups is 1. The van der Waals surface area contributed by atoms with Crippen molar-refractivity contribution < 1.29 is 13.9 Å². The molecule has 0 aliphatic rings. The second kappa shape index (κ2) is 8.63. The minimum absolute atomic E-state index is 0.225. The van der Waals surface area contributed by atoms with Gasteiger partial charge in [0.2, 0.25) is 0 Å². The third-order valence-electron chi connectivity index (χ3n) is 4.74. The minimum Gasteiger partial charge on any atom is -0.493 e. The number of ether oxygens (including phenoxy) is 1. The van der Waals surface area contributed by atoms with Gasteiger partial charge < -0.3 is 14.1 Å². The molecule has 0 N–H and O–H groups in total. The van der Waals surface area contributed by atoms with Gasteiger partial charge in [0, 0.05) is 17.0 Å². The number of aromatic nitrogens is 1. The Morgan fingerprint density at radius 3 is 2.80 bits per heavy atom. The highest BCUT2D eigenvalue weighted by molar-refractivity contribution is 7.22. The Balaban J connectivity index is 1.71. The second-order valence-electron chi connectivity index (χ2n) is 7.21. The van der Waals surface area contributed by atoms with Gasteiger partial charge in [-0.1, -0.05) is 35.1 Å². The number of thiazole rings is 1. The quantitative estimate of drug-likeness (QED) is 0.387. The molecule has 0 atom stereocenters. The number of hydrogen-bond acceptors (Lipinski definition) is 6. The van der Waals surface area contributed by atoms with Crippen molar-refractivity contribution in [3.63, 3.8) is 0 Å². The molecule has 0 spiro atoms. The lowest BCUT2D eigenvalue weighted by Gasteiger charge is -2.19. The lowest BCUT2D eigenvalue weighted by molar-refractivity contribution is 0.0961. The van der Waals surface area contributed by atoms with Crippen molar-refractivity contribution >= 4 is 55.2 Å². The largest absolute Gasteiger partial charge is 0.493 e. The Bertz CT molecular complexity index is 1200. The van der Waals surface area contributed by atoms with E-state index in [0.29, 0.717) is 28.0 Å². The SMILES string of the molecule is COc1cccc2cc(C(=O)N(CCCN(C)C)c3nc4ccc(Cl)cc4s3)oc12. The van der Waals surface area contributed by atoms with E-state index in [2.05, 4.69) is 9.88 Å². The average molecular weight is 444 g/mol. The molecule has 0 saturated carbocycles. The van der Waals surface area contributed by atoms with Crippen molar-refractivity contribution in [2.75, 3.05) is 39.2 Å². The van der Waals surface area contributed by atoms with Gasteiger partial charge in [0.15, 0.2) is 22.2 Å². The van der Waals surface area contributed by atoms with Crippen LogP contribution < -0.4 is 9.64 Å². The normalized spacial score (nSPS) is 11.5. The summed E-state index contributed by atoms with van der Waals surface area (Å²) in [5, 5.41) is 2.10. The molecule has 0 aliphatic carbocycles. The predicted molar refractivity (Wildman–Crippen MR) is 122 cm³/mol. The number of benzene rings is 2. The Morgan fingerprint density at radius 1 is 1.20 bits per heavy atom. The van der Waals surface area contributed by atoms with Crippen LogP contribution in [-0.2, 0) is 0 Å². The van der Waals surface area contributed by atoms with E-state index in [1.54, 1.807) is 24.1 Å². The maximum absolute atomic E-state index is 13.5. The van der Waals surface area contributed by atoms with Gasteiger partial charge in [-0.25, -0.2) is 4.98 Å². The Labute approximate surface area is 183 Å². The lowest BCUT2D eigenvalue weighted by Crippen LogP contribution is -2.33. The van der Waals surface area contributed by atoms with Gasteiger partial charge in [-0.2, -0.15) is 0 Å². The third-order valence-corrected chi connectivity index (χ3v) is 6.02. The number of furan rings is 1. The van der Waals surface area contributed by atoms with E-state index in [1.807, 2.05) is 44.4 Å². The molecule has 0 unspecified atom stereocenters. The number of rotatable bonds is 7. The number of anilines is 1. The first-order valence-electron chi connectivity index (χ1n) is 9.55. The fourth-order valence-corrected chi connectivity index (χ4v) is 4.53. The van der Waals surface area contributed by atoms with Crippen LogP contribution in [0.15, 0.2) is 46.9 Å². The number of para-hydroxylation sites is 1. The summed E-state index contributed by atoms with van der Waals surface area (Å²) in [6.45, 7) is 1.38. The zero-order valence-corrected chi connectivity index (χ0v) is 18.6. The Hall–Kier alpha value is -2.61. The van der Waals surface area contributed by atoms with Gasteiger partial charge in [-0.3, -0.25) is 9.69 Å². The first-order valence-corrected chi connectivity index (χ1v) is 10.7. The predicted octanol–water partition coefficient (Wildman–Crippen LogP) is 5.30. The van der Waals surface area contributed by atoms with Crippen molar-refractivity contribution in [1.29, 1.82) is 0 Å². The molecule has 6 nitrogen and oxygen atoms in total. The highest BCUT2D eigenvalue weighted by atomic mass is 35.5. The summed E-state index contributed by atoms with van der Waals surface area (Å²) in [6, 6.07) is 12.9. The maximum atomic E-state index is 13.5. The summed E-state index contributed by atoms with van der Waals surface area (Å²) in [7, 11) is 5.60. The van der Waals surface area contributed by atoms with Crippen molar-refractivity contribution in [2.24, 2.45) is 0 Å². The molecule has 4 rings (SSSR count). The highest BCUT2D eigenvalue weighted by Crippen LogP contribution is 2.33. The first-order chi connectivity index (χ1) is 14.5. The van der Waals surface area contributed by atoms with E-state index < -0.39 is 0 Å². The van der Waals surface area contributed by atoms with Gasteiger partial charge in [-0.05, 0) is 57.4 Å². The van der Waals surface area contributed by atoms with Crippen LogP contribution in [0.5, 0.6) is 5.75 Å². The molecule has 4 aromatic rings. The standard InChI is InChI=1S/C22H22ClN3O3S/c1-25(2)10-5-11-26(22-24-16-9-8-15(23)13-19(16)30-22)21(27)18-12-14-6-4-7-17(28-3)20(14)29-18/h4,6-9,12-13H,5,10-11H2,1-3H3. The van der Waals surface area contributed by atoms with Crippen LogP contribution >= 0.6 is 22.9 Å². The van der Waals surface area contributed by atoms with Crippen LogP contribution in [0.1, 0.15) is 17.0 Å². The number of hydrogen-bond donors (Lipinski definition) is 0. The van der Waals surface area contributed by atoms with Crippen molar-refractivity contribution in [3.8, 4) is 5.75 Å². The summed E-state index contributed by atoms with van der Waals surface area (Å²) < 4.78 is 12.2. The fourth-order valence-electron chi connectivity index (χ4n) is 3.27. The monoisotopic (exact) mass is 443 g/mol. The van der Waals surface area contributed by atoms with Gasteiger partial charge >= 0.3 is 0 Å². The number of nitrogens with zero attached hydrogens (tertiary/aromatic N) is 3. The van der Waals surface area contributed by atoms with Crippen LogP contribution in [0.25, 0.3) is 21.2 Å². The maximum Gasteiger partial charge on any atom is 0.295 e. The zero-order chi connectivity index (χ0) is 21.3. The van der Waals surface area contributed by atoms with E-state index in [1.165, 1.54) is 11.3 Å². The topological polar surface area (TPSA) is 58.8 Å². The molecule has 0 aliphatic heterocycles. The van der Waals surface area contributed by atoms with Gasteiger partial charge in [0.25, 0.3) is 5.91 Å². The average Bonchev–Trinajstić information content (AvgIpc) is 3.33. The van der Waals surface area contributed by atoms with E-state index in [4.69, 9.17) is 20.8 Å². The summed E-state index contributed by atoms with van der Waals surface area (Å²) in [5.41, 5.74) is 1.38. The van der Waals surface area contributed by atoms with Gasteiger partial charge in [-0.15, -0.1) is 0 Å². The number of fused-ring (bicyclic) bond motifs is 2. The molecule has 30 heavy (non-hydrogen) atoms. The Kier molecular flexibility index (Phi) is 5.94. The summed E-state index contributed by atoms with van der Waals surface area (Å²) in [5.74, 6) is 0.633. The minimum atomic E-state index is -0.225. The molecule has 2 aromatic heterocycles. The second-order valence-corrected chi connectivity index (χ2v) is 8.66. The van der Waals surface area contributed by atoms with Crippen LogP contribution in [0.4, 0.5) is 5.13 Å². The third kappa shape index (κ3) is 4.14. The van der Waals surface area contributed by atoms with E-state index >= 15 is 0 Å². The number of halogens is 1. The summed E-state index contributed by atoms with van der Waals surface area (Å²) in [6.07, 6.45) is 0.805. The number of methoxy groups -OCH3 is 1. The summed E-state index contributed by atoms with van der Waals surface area (Å²) >= 11 is 7.57. The summed E-state index contributed by atoms with van der Waals surface area (Å²) in [4.78, 5) is 21.9. The van der Waals surface area contributed by atoms with Crippen LogP contribution in [0.2, 0.25) is 5.02 Å². The van der Waals surface area contributed by atoms with Crippen molar-refractivity contribution in [3.05, 3.63) is 53.2 Å². The molecule has 156 valence electrons. The molecule has 0 saturated heterocycles. The van der Waals surface area contributed by atoms with E-state index in [9.17, 15) is 4.79 Å². The van der Waals surface area contributed by atoms with Crippen molar-refractivity contribution in [1.82, 2.24) is 9.88 Å². The number of carbonyl (C=O) groups excluding carboxylic acids is 1. The molecule has 0 bridgehead atoms. The molecule has 0 fully saturated rings. The highest BCUT2D eigenvalue weighted by Gasteiger charge is 2.25. The van der Waals surface area contributed by atoms with Crippen LogP contribution in [0.3, 0.4) is 0 Å².